The van der Waals surface area contributed by atoms with Gasteiger partial charge in [0.15, 0.2) is 0 Å². The van der Waals surface area contributed by atoms with E-state index in [4.69, 9.17) is 10.8 Å². The Hall–Kier alpha value is -1.94. The lowest BCUT2D eigenvalue weighted by Gasteiger charge is -2.16. The summed E-state index contributed by atoms with van der Waals surface area (Å²) in [5, 5.41) is 9.47. The van der Waals surface area contributed by atoms with Crippen LogP contribution in [0.5, 0.6) is 0 Å². The predicted molar refractivity (Wildman–Crippen MR) is 90.6 cm³/mol. The van der Waals surface area contributed by atoms with Crippen molar-refractivity contribution in [1.29, 1.82) is 0 Å². The van der Waals surface area contributed by atoms with Crippen molar-refractivity contribution >= 4 is 16.9 Å². The van der Waals surface area contributed by atoms with E-state index in [2.05, 4.69) is 25.8 Å². The van der Waals surface area contributed by atoms with Crippen molar-refractivity contribution in [2.45, 2.75) is 46.6 Å². The van der Waals surface area contributed by atoms with Crippen LogP contribution in [0.3, 0.4) is 0 Å². The van der Waals surface area contributed by atoms with Gasteiger partial charge in [-0.05, 0) is 36.0 Å². The van der Waals surface area contributed by atoms with E-state index < -0.39 is 5.97 Å². The average molecular weight is 302 g/mol. The summed E-state index contributed by atoms with van der Waals surface area (Å²) in [6, 6.07) is 9.99. The number of fused-ring (bicyclic) bond motifs is 1. The fourth-order valence-electron chi connectivity index (χ4n) is 2.12. The SMILES string of the molecule is CC(C)(C)CCCC(=O)O.NCc1cccc2ncccc12. The lowest BCUT2D eigenvalue weighted by atomic mass is 9.90. The fourth-order valence-corrected chi connectivity index (χ4v) is 2.12. The quantitative estimate of drug-likeness (QED) is 0.895. The molecule has 0 bridgehead atoms. The molecule has 0 atom stereocenters. The van der Waals surface area contributed by atoms with Gasteiger partial charge in [-0.1, -0.05) is 39.0 Å². The van der Waals surface area contributed by atoms with E-state index >= 15 is 0 Å². The molecular weight excluding hydrogens is 276 g/mol. The van der Waals surface area contributed by atoms with Crippen LogP contribution in [0.15, 0.2) is 36.5 Å². The van der Waals surface area contributed by atoms with Gasteiger partial charge in [0, 0.05) is 24.5 Å². The summed E-state index contributed by atoms with van der Waals surface area (Å²) in [6.07, 6.45) is 3.87. The highest BCUT2D eigenvalue weighted by molar-refractivity contribution is 5.81. The first-order valence-corrected chi connectivity index (χ1v) is 7.58. The average Bonchev–Trinajstić information content (AvgIpc) is 2.45. The summed E-state index contributed by atoms with van der Waals surface area (Å²) >= 11 is 0. The van der Waals surface area contributed by atoms with Crippen molar-refractivity contribution < 1.29 is 9.90 Å². The molecule has 0 amide bonds. The predicted octanol–water partition coefficient (Wildman–Crippen LogP) is 3.98. The first-order valence-electron chi connectivity index (χ1n) is 7.58. The molecule has 0 saturated carbocycles. The van der Waals surface area contributed by atoms with E-state index in [1.54, 1.807) is 6.20 Å². The minimum absolute atomic E-state index is 0.273. The molecule has 1 aromatic heterocycles. The van der Waals surface area contributed by atoms with Gasteiger partial charge in [-0.15, -0.1) is 0 Å². The zero-order chi connectivity index (χ0) is 16.6. The second-order valence-electron chi connectivity index (χ2n) is 6.50. The highest BCUT2D eigenvalue weighted by atomic mass is 16.4. The van der Waals surface area contributed by atoms with Crippen LogP contribution in [-0.4, -0.2) is 16.1 Å². The number of carboxylic acid groups (broad SMARTS) is 1. The smallest absolute Gasteiger partial charge is 0.303 e. The van der Waals surface area contributed by atoms with Crippen molar-refractivity contribution in [2.24, 2.45) is 11.1 Å². The van der Waals surface area contributed by atoms with E-state index in [1.165, 1.54) is 0 Å². The Balaban J connectivity index is 0.000000225. The van der Waals surface area contributed by atoms with E-state index in [9.17, 15) is 4.79 Å². The molecule has 0 spiro atoms. The van der Waals surface area contributed by atoms with E-state index in [-0.39, 0.29) is 5.41 Å². The molecule has 0 aliphatic heterocycles. The summed E-state index contributed by atoms with van der Waals surface area (Å²) in [7, 11) is 0. The van der Waals surface area contributed by atoms with Gasteiger partial charge >= 0.3 is 5.97 Å². The van der Waals surface area contributed by atoms with Crippen LogP contribution in [0, 0.1) is 5.41 Å². The van der Waals surface area contributed by atoms with E-state index in [0.29, 0.717) is 13.0 Å². The summed E-state index contributed by atoms with van der Waals surface area (Å²) in [5.41, 5.74) is 8.03. The van der Waals surface area contributed by atoms with Gasteiger partial charge in [-0.25, -0.2) is 0 Å². The van der Waals surface area contributed by atoms with E-state index in [0.717, 1.165) is 29.3 Å². The van der Waals surface area contributed by atoms with Gasteiger partial charge in [0.2, 0.25) is 0 Å². The highest BCUT2D eigenvalue weighted by Gasteiger charge is 2.09. The topological polar surface area (TPSA) is 76.2 Å². The summed E-state index contributed by atoms with van der Waals surface area (Å²) in [5.74, 6) is -0.691. The Morgan fingerprint density at radius 3 is 2.55 bits per heavy atom. The fraction of sp³-hybridized carbons (Fsp3) is 0.444. The van der Waals surface area contributed by atoms with Crippen molar-refractivity contribution in [3.8, 4) is 0 Å². The Labute approximate surface area is 132 Å². The maximum Gasteiger partial charge on any atom is 0.303 e. The lowest BCUT2D eigenvalue weighted by Crippen LogP contribution is -2.05. The number of rotatable bonds is 4. The minimum Gasteiger partial charge on any atom is -0.481 e. The number of aliphatic carboxylic acids is 1. The van der Waals surface area contributed by atoms with Crippen molar-refractivity contribution in [2.75, 3.05) is 0 Å². The molecule has 0 aliphatic rings. The van der Waals surface area contributed by atoms with Gasteiger partial charge < -0.3 is 10.8 Å². The first-order chi connectivity index (χ1) is 10.3. The Morgan fingerprint density at radius 1 is 1.23 bits per heavy atom. The molecule has 2 aromatic rings. The summed E-state index contributed by atoms with van der Waals surface area (Å²) in [6.45, 7) is 6.93. The zero-order valence-corrected chi connectivity index (χ0v) is 13.7. The standard InChI is InChI=1S/C10H10N2.C8H16O2/c11-7-8-3-1-5-10-9(8)4-2-6-12-10;1-8(2,3)6-4-5-7(9)10/h1-6H,7,11H2;4-6H2,1-3H3,(H,9,10). The number of hydrogen-bond donors (Lipinski definition) is 2. The minimum atomic E-state index is -0.691. The summed E-state index contributed by atoms with van der Waals surface area (Å²) in [4.78, 5) is 14.3. The lowest BCUT2D eigenvalue weighted by molar-refractivity contribution is -0.137. The molecule has 0 radical (unpaired) electrons. The van der Waals surface area contributed by atoms with E-state index in [1.807, 2.05) is 30.3 Å². The normalized spacial score (nSPS) is 10.9. The zero-order valence-electron chi connectivity index (χ0n) is 13.7. The van der Waals surface area contributed by atoms with Crippen LogP contribution in [0.2, 0.25) is 0 Å². The Kier molecular flexibility index (Phi) is 6.99. The first kappa shape index (κ1) is 18.1. The molecule has 22 heavy (non-hydrogen) atoms. The second kappa shape index (κ2) is 8.49. The van der Waals surface area contributed by atoms with Gasteiger partial charge in [0.25, 0.3) is 0 Å². The summed E-state index contributed by atoms with van der Waals surface area (Å²) < 4.78 is 0. The molecule has 0 fully saturated rings. The molecule has 1 heterocycles. The number of carbonyl (C=O) groups is 1. The maximum atomic E-state index is 10.1. The molecular formula is C18H26N2O2. The molecule has 3 N–H and O–H groups in total. The number of pyridine rings is 1. The largest absolute Gasteiger partial charge is 0.481 e. The van der Waals surface area contributed by atoms with Crippen LogP contribution in [0.1, 0.15) is 45.6 Å². The molecule has 120 valence electrons. The number of hydrogen-bond acceptors (Lipinski definition) is 3. The van der Waals surface area contributed by atoms with Gasteiger partial charge in [0.05, 0.1) is 5.52 Å². The monoisotopic (exact) mass is 302 g/mol. The third-order valence-corrected chi connectivity index (χ3v) is 3.27. The number of carboxylic acids is 1. The number of benzene rings is 1. The van der Waals surface area contributed by atoms with Crippen LogP contribution >= 0.6 is 0 Å². The number of nitrogens with zero attached hydrogens (tertiary/aromatic N) is 1. The highest BCUT2D eigenvalue weighted by Crippen LogP contribution is 2.21. The molecule has 0 saturated heterocycles. The Morgan fingerprint density at radius 2 is 1.95 bits per heavy atom. The maximum absolute atomic E-state index is 10.1. The number of nitrogens with two attached hydrogens (primary N) is 1. The number of aromatic nitrogens is 1. The van der Waals surface area contributed by atoms with Crippen molar-refractivity contribution in [3.63, 3.8) is 0 Å². The van der Waals surface area contributed by atoms with Crippen molar-refractivity contribution in [3.05, 3.63) is 42.1 Å². The second-order valence-corrected chi connectivity index (χ2v) is 6.50. The molecule has 2 rings (SSSR count). The van der Waals surface area contributed by atoms with Crippen LogP contribution in [0.4, 0.5) is 0 Å². The molecule has 4 nitrogen and oxygen atoms in total. The molecule has 1 aromatic carbocycles. The van der Waals surface area contributed by atoms with Gasteiger partial charge in [-0.2, -0.15) is 0 Å². The Bertz CT molecular complexity index is 598. The van der Waals surface area contributed by atoms with Crippen molar-refractivity contribution in [1.82, 2.24) is 4.98 Å². The third-order valence-electron chi connectivity index (χ3n) is 3.27. The van der Waals surface area contributed by atoms with Crippen LogP contribution in [0.25, 0.3) is 10.9 Å². The van der Waals surface area contributed by atoms with Crippen LogP contribution in [-0.2, 0) is 11.3 Å². The molecule has 4 heteroatoms. The van der Waals surface area contributed by atoms with Gasteiger partial charge in [-0.3, -0.25) is 9.78 Å². The van der Waals surface area contributed by atoms with Crippen LogP contribution < -0.4 is 5.73 Å². The molecule has 0 aliphatic carbocycles. The third kappa shape index (κ3) is 6.68. The van der Waals surface area contributed by atoms with Gasteiger partial charge in [0.1, 0.15) is 0 Å². The molecule has 0 unspecified atom stereocenters.